The maximum Gasteiger partial charge on any atom is 0.573 e. The number of fused-ring (bicyclic) bond motifs is 2. The molecule has 2 aromatic carbocycles. The summed E-state index contributed by atoms with van der Waals surface area (Å²) in [6.45, 7) is 0. The van der Waals surface area contributed by atoms with Gasteiger partial charge in [0.25, 0.3) is 5.56 Å². The van der Waals surface area contributed by atoms with Crippen LogP contribution in [0.15, 0.2) is 64.7 Å². The van der Waals surface area contributed by atoms with Crippen LogP contribution in [0.3, 0.4) is 0 Å². The molecule has 0 aliphatic carbocycles. The molecule has 2 aromatic heterocycles. The van der Waals surface area contributed by atoms with Crippen molar-refractivity contribution in [3.05, 3.63) is 70.9 Å². The predicted molar refractivity (Wildman–Crippen MR) is 119 cm³/mol. The fourth-order valence-corrected chi connectivity index (χ4v) is 4.85. The summed E-state index contributed by atoms with van der Waals surface area (Å²) in [5.41, 5.74) is 0.808. The fourth-order valence-electron chi connectivity index (χ4n) is 3.72. The van der Waals surface area contributed by atoms with Crippen LogP contribution in [-0.4, -0.2) is 37.4 Å². The minimum atomic E-state index is -4.81. The summed E-state index contributed by atoms with van der Waals surface area (Å²) < 4.78 is 56.8. The third-order valence-electron chi connectivity index (χ3n) is 5.23. The van der Waals surface area contributed by atoms with Crippen LogP contribution in [0.4, 0.5) is 23.2 Å². The van der Waals surface area contributed by atoms with Crippen molar-refractivity contribution in [2.45, 2.75) is 24.0 Å². The number of carbonyl (C=O) groups is 1. The second-order valence-electron chi connectivity index (χ2n) is 7.63. The highest BCUT2D eigenvalue weighted by Crippen LogP contribution is 2.34. The minimum Gasteiger partial charge on any atom is -0.406 e. The van der Waals surface area contributed by atoms with Gasteiger partial charge < -0.3 is 10.1 Å². The Labute approximate surface area is 198 Å². The quantitative estimate of drug-likeness (QED) is 0.321. The van der Waals surface area contributed by atoms with Crippen molar-refractivity contribution in [3.63, 3.8) is 0 Å². The number of ether oxygens (including phenoxy) is 1. The van der Waals surface area contributed by atoms with E-state index in [-0.39, 0.29) is 23.1 Å². The lowest BCUT2D eigenvalue weighted by molar-refractivity contribution is -0.274. The van der Waals surface area contributed by atoms with E-state index in [0.29, 0.717) is 22.2 Å². The van der Waals surface area contributed by atoms with E-state index >= 15 is 0 Å². The Morgan fingerprint density at radius 1 is 1.14 bits per heavy atom. The Morgan fingerprint density at radius 2 is 1.86 bits per heavy atom. The zero-order valence-corrected chi connectivity index (χ0v) is 18.4. The number of halogens is 4. The number of benzene rings is 2. The molecule has 0 radical (unpaired) electrons. The topological polar surface area (TPSA) is 91.0 Å². The molecule has 0 spiro atoms. The van der Waals surface area contributed by atoms with Crippen LogP contribution in [0.2, 0.25) is 0 Å². The Hall–Kier alpha value is -3.87. The lowest BCUT2D eigenvalue weighted by atomic mass is 10.2. The largest absolute Gasteiger partial charge is 0.573 e. The van der Waals surface area contributed by atoms with Crippen molar-refractivity contribution in [2.75, 3.05) is 11.1 Å². The van der Waals surface area contributed by atoms with Crippen LogP contribution in [-0.2, 0) is 4.79 Å². The van der Waals surface area contributed by atoms with Crippen molar-refractivity contribution in [3.8, 4) is 11.4 Å². The molecule has 0 bridgehead atoms. The normalized spacial score (nSPS) is 15.3. The number of rotatable bonds is 5. The number of nitrogens with zero attached hydrogens (tertiary/aromatic N) is 4. The van der Waals surface area contributed by atoms with Gasteiger partial charge in [-0.25, -0.2) is 14.1 Å². The smallest absolute Gasteiger partial charge is 0.406 e. The number of amides is 1. The van der Waals surface area contributed by atoms with Crippen LogP contribution < -0.4 is 15.6 Å². The van der Waals surface area contributed by atoms with Gasteiger partial charge in [0.05, 0.1) is 17.9 Å². The number of carbonyl (C=O) groups excluding carboxylic acids is 1. The van der Waals surface area contributed by atoms with Gasteiger partial charge in [0, 0.05) is 17.9 Å². The van der Waals surface area contributed by atoms with E-state index in [2.05, 4.69) is 20.1 Å². The summed E-state index contributed by atoms with van der Waals surface area (Å²) >= 11 is 1.32. The summed E-state index contributed by atoms with van der Waals surface area (Å²) in [4.78, 5) is 30.3. The van der Waals surface area contributed by atoms with Crippen molar-refractivity contribution >= 4 is 34.4 Å². The van der Waals surface area contributed by atoms with Gasteiger partial charge in [-0.05, 0) is 48.5 Å². The molecule has 1 atom stereocenters. The molecule has 13 heteroatoms. The monoisotopic (exact) mass is 505 g/mol. The Kier molecular flexibility index (Phi) is 5.71. The molecule has 35 heavy (non-hydrogen) atoms. The summed E-state index contributed by atoms with van der Waals surface area (Å²) in [5, 5.41) is 7.51. The first-order chi connectivity index (χ1) is 16.7. The number of hydrogen-bond donors (Lipinski definition) is 1. The van der Waals surface area contributed by atoms with Crippen molar-refractivity contribution in [1.82, 2.24) is 19.3 Å². The first-order valence-electron chi connectivity index (χ1n) is 10.2. The summed E-state index contributed by atoms with van der Waals surface area (Å²) in [6, 6.07) is 9.90. The summed E-state index contributed by atoms with van der Waals surface area (Å²) in [5.74, 6) is -0.785. The molecule has 0 saturated carbocycles. The van der Waals surface area contributed by atoms with E-state index in [4.69, 9.17) is 0 Å². The van der Waals surface area contributed by atoms with E-state index in [1.807, 2.05) is 0 Å². The highest BCUT2D eigenvalue weighted by molar-refractivity contribution is 7.99. The molecule has 4 aromatic rings. The van der Waals surface area contributed by atoms with Gasteiger partial charge in [0.2, 0.25) is 5.91 Å². The second kappa shape index (κ2) is 8.73. The molecule has 0 fully saturated rings. The molecule has 1 amide bonds. The molecule has 0 saturated heterocycles. The van der Waals surface area contributed by atoms with Crippen LogP contribution in [0.25, 0.3) is 16.7 Å². The maximum atomic E-state index is 13.3. The lowest BCUT2D eigenvalue weighted by Gasteiger charge is -2.14. The van der Waals surface area contributed by atoms with Crippen LogP contribution in [0.1, 0.15) is 12.5 Å². The van der Waals surface area contributed by atoms with Gasteiger partial charge in [-0.2, -0.15) is 5.10 Å². The molecular weight excluding hydrogens is 490 g/mol. The van der Waals surface area contributed by atoms with E-state index < -0.39 is 29.9 Å². The third kappa shape index (κ3) is 4.71. The van der Waals surface area contributed by atoms with Gasteiger partial charge in [-0.3, -0.25) is 14.2 Å². The summed E-state index contributed by atoms with van der Waals surface area (Å²) in [6.07, 6.45) is -3.47. The average Bonchev–Trinajstić information content (AvgIpc) is 3.40. The van der Waals surface area contributed by atoms with Crippen molar-refractivity contribution in [1.29, 1.82) is 0 Å². The number of aromatic nitrogens is 4. The zero-order valence-electron chi connectivity index (χ0n) is 17.6. The number of hydrogen-bond acceptors (Lipinski definition) is 6. The van der Waals surface area contributed by atoms with E-state index in [0.717, 1.165) is 12.1 Å². The average molecular weight is 505 g/mol. The van der Waals surface area contributed by atoms with Gasteiger partial charge in [-0.1, -0.05) is 11.8 Å². The van der Waals surface area contributed by atoms with E-state index in [1.54, 1.807) is 0 Å². The van der Waals surface area contributed by atoms with Crippen LogP contribution in [0.5, 0.6) is 5.75 Å². The SMILES string of the molecule is O=C(CC1CSc2nc3c(cnn3-c3ccc(F)cc3)c(=O)n21)Nc1ccc(OC(F)(F)F)cc1. The van der Waals surface area contributed by atoms with Gasteiger partial charge in [-0.15, -0.1) is 13.2 Å². The molecule has 3 heterocycles. The van der Waals surface area contributed by atoms with Gasteiger partial charge >= 0.3 is 6.36 Å². The fraction of sp³-hybridized carbons (Fsp3) is 0.182. The molecule has 1 N–H and O–H groups in total. The molecule has 1 aliphatic rings. The Bertz CT molecular complexity index is 1470. The molecule has 1 unspecified atom stereocenters. The molecule has 1 aliphatic heterocycles. The van der Waals surface area contributed by atoms with E-state index in [1.165, 1.54) is 63.6 Å². The van der Waals surface area contributed by atoms with Crippen molar-refractivity contribution < 1.29 is 27.1 Å². The maximum absolute atomic E-state index is 13.3. The lowest BCUT2D eigenvalue weighted by Crippen LogP contribution is -2.27. The Balaban J connectivity index is 1.34. The molecule has 8 nitrogen and oxygen atoms in total. The predicted octanol–water partition coefficient (Wildman–Crippen LogP) is 4.30. The minimum absolute atomic E-state index is 0.0417. The third-order valence-corrected chi connectivity index (χ3v) is 6.33. The number of anilines is 1. The standard InChI is InChI=1S/C22H15F4N5O3S/c23-12-1-5-14(6-2-12)31-19-17(10-27-31)20(33)30-15(11-35-21(30)29-19)9-18(32)28-13-3-7-16(8-4-13)34-22(24,25)26/h1-8,10,15H,9,11H2,(H,28,32). The van der Waals surface area contributed by atoms with Crippen LogP contribution in [0, 0.1) is 5.82 Å². The molecule has 5 rings (SSSR count). The van der Waals surface area contributed by atoms with Crippen LogP contribution >= 0.6 is 11.8 Å². The molecular formula is C22H15F4N5O3S. The Morgan fingerprint density at radius 3 is 2.54 bits per heavy atom. The zero-order chi connectivity index (χ0) is 24.7. The molecule has 180 valence electrons. The number of alkyl halides is 3. The first kappa shape index (κ1) is 22.9. The number of nitrogens with one attached hydrogen (secondary N) is 1. The summed E-state index contributed by atoms with van der Waals surface area (Å²) in [7, 11) is 0. The number of thioether (sulfide) groups is 1. The van der Waals surface area contributed by atoms with Gasteiger partial charge in [0.1, 0.15) is 17.0 Å². The second-order valence-corrected chi connectivity index (χ2v) is 8.62. The van der Waals surface area contributed by atoms with Gasteiger partial charge in [0.15, 0.2) is 10.8 Å². The highest BCUT2D eigenvalue weighted by atomic mass is 32.2. The first-order valence-corrected chi connectivity index (χ1v) is 11.2. The van der Waals surface area contributed by atoms with E-state index in [9.17, 15) is 27.2 Å². The van der Waals surface area contributed by atoms with Crippen molar-refractivity contribution in [2.24, 2.45) is 0 Å². The highest BCUT2D eigenvalue weighted by Gasteiger charge is 2.31.